The number of carboxylic acids is 1. The van der Waals surface area contributed by atoms with Gasteiger partial charge < -0.3 is 29.8 Å². The van der Waals surface area contributed by atoms with Crippen LogP contribution in [0.2, 0.25) is 0 Å². The highest BCUT2D eigenvalue weighted by Gasteiger charge is 2.40. The first-order valence-electron chi connectivity index (χ1n) is 10.3. The van der Waals surface area contributed by atoms with Crippen LogP contribution in [0.25, 0.3) is 11.1 Å². The van der Waals surface area contributed by atoms with E-state index in [2.05, 4.69) is 5.32 Å². The number of hydrogen-bond acceptors (Lipinski definition) is 6. The van der Waals surface area contributed by atoms with Crippen LogP contribution in [0.1, 0.15) is 23.2 Å². The largest absolute Gasteiger partial charge is 0.550 e. The third-order valence-corrected chi connectivity index (χ3v) is 5.77. The van der Waals surface area contributed by atoms with Gasteiger partial charge in [-0.3, -0.25) is 14.4 Å². The van der Waals surface area contributed by atoms with Gasteiger partial charge in [-0.15, -0.1) is 0 Å². The number of hydrogen-bond donors (Lipinski definition) is 1. The van der Waals surface area contributed by atoms with Crippen molar-refractivity contribution in [3.05, 3.63) is 48.0 Å². The smallest absolute Gasteiger partial charge is 0.256 e. The van der Waals surface area contributed by atoms with Crippen LogP contribution >= 0.6 is 0 Å². The third-order valence-electron chi connectivity index (χ3n) is 5.77. The molecule has 3 amide bonds. The Morgan fingerprint density at radius 1 is 1.06 bits per heavy atom. The van der Waals surface area contributed by atoms with E-state index >= 15 is 0 Å². The van der Waals surface area contributed by atoms with Crippen LogP contribution in [0, 0.1) is 0 Å². The lowest BCUT2D eigenvalue weighted by Gasteiger charge is -2.39. The lowest BCUT2D eigenvalue weighted by molar-refractivity contribution is -0.305. The highest BCUT2D eigenvalue weighted by Crippen LogP contribution is 2.31. The zero-order valence-corrected chi connectivity index (χ0v) is 17.5. The number of carbonyl (C=O) groups excluding carboxylic acids is 4. The Bertz CT molecular complexity index is 1080. The van der Waals surface area contributed by atoms with Crippen LogP contribution in [0.4, 0.5) is 5.69 Å². The number of anilines is 1. The number of amides is 3. The van der Waals surface area contributed by atoms with E-state index in [0.717, 1.165) is 16.9 Å². The highest BCUT2D eigenvalue weighted by atomic mass is 16.5. The fraction of sp³-hybridized carbons (Fsp3) is 0.304. The zero-order valence-electron chi connectivity index (χ0n) is 17.5. The predicted octanol–water partition coefficient (Wildman–Crippen LogP) is 0.497. The fourth-order valence-corrected chi connectivity index (χ4v) is 4.01. The number of rotatable bonds is 5. The number of benzene rings is 2. The van der Waals surface area contributed by atoms with Gasteiger partial charge >= 0.3 is 0 Å². The van der Waals surface area contributed by atoms with E-state index < -0.39 is 12.0 Å². The van der Waals surface area contributed by atoms with Gasteiger partial charge in [0.1, 0.15) is 11.8 Å². The first-order chi connectivity index (χ1) is 15.4. The van der Waals surface area contributed by atoms with Crippen LogP contribution in [-0.2, 0) is 14.4 Å². The van der Waals surface area contributed by atoms with Crippen molar-refractivity contribution in [2.24, 2.45) is 0 Å². The summed E-state index contributed by atoms with van der Waals surface area (Å²) in [5, 5.41) is 13.4. The summed E-state index contributed by atoms with van der Waals surface area (Å²) in [4.78, 5) is 52.0. The minimum absolute atomic E-state index is 0.0166. The molecule has 166 valence electrons. The van der Waals surface area contributed by atoms with E-state index in [0.29, 0.717) is 11.3 Å². The van der Waals surface area contributed by atoms with Crippen molar-refractivity contribution in [1.82, 2.24) is 9.80 Å². The molecule has 0 spiro atoms. The molecular formula is C23H22N3O6-. The van der Waals surface area contributed by atoms with E-state index in [9.17, 15) is 24.3 Å². The van der Waals surface area contributed by atoms with Gasteiger partial charge in [-0.05, 0) is 41.8 Å². The molecule has 32 heavy (non-hydrogen) atoms. The summed E-state index contributed by atoms with van der Waals surface area (Å²) in [6.45, 7) is 0.428. The molecule has 2 aromatic carbocycles. The molecule has 9 heteroatoms. The molecule has 9 nitrogen and oxygen atoms in total. The molecule has 1 saturated heterocycles. The predicted molar refractivity (Wildman–Crippen MR) is 113 cm³/mol. The molecule has 1 N–H and O–H groups in total. The number of fused-ring (bicyclic) bond motifs is 2. The molecule has 0 aromatic heterocycles. The maximum absolute atomic E-state index is 13.3. The molecule has 4 rings (SSSR count). The van der Waals surface area contributed by atoms with Crippen molar-refractivity contribution in [3.63, 3.8) is 0 Å². The maximum atomic E-state index is 13.3. The Morgan fingerprint density at radius 3 is 2.47 bits per heavy atom. The molecule has 0 aliphatic carbocycles. The highest BCUT2D eigenvalue weighted by molar-refractivity contribution is 6.10. The van der Waals surface area contributed by atoms with Crippen LogP contribution in [0.15, 0.2) is 42.5 Å². The second kappa shape index (κ2) is 8.70. The Kier molecular flexibility index (Phi) is 5.81. The molecule has 0 saturated carbocycles. The van der Waals surface area contributed by atoms with Crippen molar-refractivity contribution in [2.75, 3.05) is 32.1 Å². The molecule has 2 aliphatic heterocycles. The SMILES string of the molecule is COc1ccc(-c2ccc3c(c2)C(=O)N2CCN(C(=O)CCC(=O)[O-])C[C@H]2C(=O)N3)cc1. The molecular weight excluding hydrogens is 414 g/mol. The Labute approximate surface area is 184 Å². The van der Waals surface area contributed by atoms with Gasteiger partial charge in [-0.2, -0.15) is 0 Å². The summed E-state index contributed by atoms with van der Waals surface area (Å²) in [6, 6.07) is 11.9. The standard InChI is InChI=1S/C23H23N3O6/c1-32-16-5-2-14(3-6-16)15-4-7-18-17(12-15)23(31)26-11-10-25(13-19(26)22(30)24-18)20(27)8-9-21(28)29/h2-7,12,19H,8-11,13H2,1H3,(H,24,30)(H,28,29)/p-1/t19-/m0/s1. The second-order valence-electron chi connectivity index (χ2n) is 7.70. The lowest BCUT2D eigenvalue weighted by atomic mass is 10.0. The minimum Gasteiger partial charge on any atom is -0.550 e. The van der Waals surface area contributed by atoms with Gasteiger partial charge in [0.15, 0.2) is 0 Å². The minimum atomic E-state index is -1.30. The number of carbonyl (C=O) groups is 4. The summed E-state index contributed by atoms with van der Waals surface area (Å²) in [6.07, 6.45) is -0.579. The van der Waals surface area contributed by atoms with Crippen molar-refractivity contribution in [2.45, 2.75) is 18.9 Å². The van der Waals surface area contributed by atoms with Crippen molar-refractivity contribution in [1.29, 1.82) is 0 Å². The van der Waals surface area contributed by atoms with E-state index in [4.69, 9.17) is 4.74 Å². The normalized spacial score (nSPS) is 17.7. The average molecular weight is 436 g/mol. The summed E-state index contributed by atoms with van der Waals surface area (Å²) < 4.78 is 5.18. The molecule has 0 unspecified atom stereocenters. The van der Waals surface area contributed by atoms with Gasteiger partial charge in [0.2, 0.25) is 11.8 Å². The number of ether oxygens (including phenoxy) is 1. The van der Waals surface area contributed by atoms with Gasteiger partial charge in [-0.1, -0.05) is 18.2 Å². The quantitative estimate of drug-likeness (QED) is 0.729. The number of carboxylic acid groups (broad SMARTS) is 1. The molecule has 2 aliphatic rings. The molecule has 2 heterocycles. The number of nitrogens with zero attached hydrogens (tertiary/aromatic N) is 2. The van der Waals surface area contributed by atoms with Crippen LogP contribution in [0.3, 0.4) is 0 Å². The van der Waals surface area contributed by atoms with Crippen LogP contribution in [0.5, 0.6) is 5.75 Å². The number of methoxy groups -OCH3 is 1. The lowest BCUT2D eigenvalue weighted by Crippen LogP contribution is -2.59. The van der Waals surface area contributed by atoms with Crippen molar-refractivity contribution in [3.8, 4) is 16.9 Å². The number of nitrogens with one attached hydrogen (secondary N) is 1. The second-order valence-corrected chi connectivity index (χ2v) is 7.70. The first-order valence-corrected chi connectivity index (χ1v) is 10.3. The monoisotopic (exact) mass is 436 g/mol. The average Bonchev–Trinajstić information content (AvgIpc) is 2.91. The summed E-state index contributed by atoms with van der Waals surface area (Å²) in [5.41, 5.74) is 2.52. The van der Waals surface area contributed by atoms with Crippen molar-refractivity contribution < 1.29 is 29.0 Å². The van der Waals surface area contributed by atoms with Gasteiger partial charge in [-0.25, -0.2) is 0 Å². The van der Waals surface area contributed by atoms with E-state index in [-0.39, 0.29) is 50.2 Å². The molecule has 0 bridgehead atoms. The summed E-state index contributed by atoms with van der Waals surface area (Å²) in [7, 11) is 1.59. The third kappa shape index (κ3) is 4.14. The molecule has 2 aromatic rings. The first kappa shape index (κ1) is 21.4. The van der Waals surface area contributed by atoms with E-state index in [1.165, 1.54) is 9.80 Å². The Hall–Kier alpha value is -3.88. The maximum Gasteiger partial charge on any atom is 0.256 e. The summed E-state index contributed by atoms with van der Waals surface area (Å²) >= 11 is 0. The fourth-order valence-electron chi connectivity index (χ4n) is 4.01. The molecule has 0 radical (unpaired) electrons. The molecule has 1 atom stereocenters. The van der Waals surface area contributed by atoms with Crippen LogP contribution < -0.4 is 15.2 Å². The van der Waals surface area contributed by atoms with E-state index in [1.54, 1.807) is 19.2 Å². The number of aliphatic carboxylic acids is 1. The zero-order chi connectivity index (χ0) is 22.8. The number of piperazine rings is 1. The Balaban J connectivity index is 1.57. The van der Waals surface area contributed by atoms with Crippen LogP contribution in [-0.4, -0.2) is 66.3 Å². The van der Waals surface area contributed by atoms with Gasteiger partial charge in [0.25, 0.3) is 5.91 Å². The Morgan fingerprint density at radius 2 is 1.78 bits per heavy atom. The molecule has 1 fully saturated rings. The van der Waals surface area contributed by atoms with E-state index in [1.807, 2.05) is 30.3 Å². The summed E-state index contributed by atoms with van der Waals surface area (Å²) in [5.74, 6) is -1.63. The topological polar surface area (TPSA) is 119 Å². The van der Waals surface area contributed by atoms with Gasteiger partial charge in [0.05, 0.1) is 24.9 Å². The van der Waals surface area contributed by atoms with Gasteiger partial charge in [0, 0.05) is 25.5 Å². The van der Waals surface area contributed by atoms with Crippen molar-refractivity contribution >= 4 is 29.4 Å².